The number of rotatable bonds is 12. The van der Waals surface area contributed by atoms with Crippen LogP contribution in [0.4, 0.5) is 0 Å². The maximum absolute atomic E-state index is 3.59. The summed E-state index contributed by atoms with van der Waals surface area (Å²) < 4.78 is 1.30. The van der Waals surface area contributed by atoms with Crippen molar-refractivity contribution in [3.63, 3.8) is 0 Å². The zero-order valence-corrected chi connectivity index (χ0v) is 15.3. The highest BCUT2D eigenvalue weighted by Crippen LogP contribution is 2.32. The summed E-state index contributed by atoms with van der Waals surface area (Å²) in [4.78, 5) is 1.42. The average Bonchev–Trinajstić information content (AvgIpc) is 2.82. The zero-order chi connectivity index (χ0) is 13.8. The molecule has 0 aliphatic carbocycles. The van der Waals surface area contributed by atoms with E-state index >= 15 is 0 Å². The summed E-state index contributed by atoms with van der Waals surface area (Å²) in [6, 6.07) is 2.22. The predicted molar refractivity (Wildman–Crippen MR) is 94.6 cm³/mol. The minimum atomic E-state index is 1.27. The molecule has 0 aliphatic rings. The lowest BCUT2D eigenvalue weighted by molar-refractivity contribution is 0.563. The van der Waals surface area contributed by atoms with Crippen LogP contribution in [-0.2, 0) is 0 Å². The van der Waals surface area contributed by atoms with Gasteiger partial charge < -0.3 is 0 Å². The Hall–Kier alpha value is 0.530. The fraction of sp³-hybridized carbons (Fsp3) is 0.750. The summed E-state index contributed by atoms with van der Waals surface area (Å²) in [6.07, 6.45) is 14.2. The van der Waals surface area contributed by atoms with Gasteiger partial charge in [0.1, 0.15) is 0 Å². The van der Waals surface area contributed by atoms with E-state index in [1.54, 1.807) is 11.3 Å². The standard InChI is InChI=1S/C16H27BrS2/c1-2-3-4-5-6-7-8-9-10-11-13-18-15-12-14-19-16(15)17/h12,14H,2-11,13H2,1H3. The zero-order valence-electron chi connectivity index (χ0n) is 12.1. The van der Waals surface area contributed by atoms with Gasteiger partial charge in [0.05, 0.1) is 3.79 Å². The third-order valence-electron chi connectivity index (χ3n) is 3.34. The van der Waals surface area contributed by atoms with Crippen LogP contribution in [0.2, 0.25) is 0 Å². The summed E-state index contributed by atoms with van der Waals surface area (Å²) in [6.45, 7) is 2.28. The van der Waals surface area contributed by atoms with Crippen LogP contribution in [0.5, 0.6) is 0 Å². The van der Waals surface area contributed by atoms with Gasteiger partial charge in [-0.1, -0.05) is 64.7 Å². The second-order valence-electron chi connectivity index (χ2n) is 5.09. The Balaban J connectivity index is 1.80. The molecule has 0 nitrogen and oxygen atoms in total. The molecule has 1 aromatic heterocycles. The van der Waals surface area contributed by atoms with Crippen LogP contribution in [0, 0.1) is 0 Å². The van der Waals surface area contributed by atoms with Crippen molar-refractivity contribution >= 4 is 39.0 Å². The SMILES string of the molecule is CCCCCCCCCCCCSc1ccsc1Br. The van der Waals surface area contributed by atoms with E-state index in [2.05, 4.69) is 34.3 Å². The van der Waals surface area contributed by atoms with Crippen LogP contribution in [0.25, 0.3) is 0 Å². The topological polar surface area (TPSA) is 0 Å². The van der Waals surface area contributed by atoms with Crippen LogP contribution in [0.3, 0.4) is 0 Å². The monoisotopic (exact) mass is 362 g/mol. The van der Waals surface area contributed by atoms with Crippen LogP contribution < -0.4 is 0 Å². The highest BCUT2D eigenvalue weighted by Gasteiger charge is 2.00. The molecule has 0 atom stereocenters. The largest absolute Gasteiger partial charge is 0.136 e. The third kappa shape index (κ3) is 9.14. The van der Waals surface area contributed by atoms with E-state index in [1.807, 2.05) is 11.8 Å². The molecule has 0 fully saturated rings. The van der Waals surface area contributed by atoms with Gasteiger partial charge in [-0.25, -0.2) is 0 Å². The summed E-state index contributed by atoms with van der Waals surface area (Å²) in [5.41, 5.74) is 0. The van der Waals surface area contributed by atoms with Gasteiger partial charge in [-0.15, -0.1) is 23.1 Å². The summed E-state index contributed by atoms with van der Waals surface area (Å²) in [5, 5.41) is 2.16. The second kappa shape index (κ2) is 12.3. The lowest BCUT2D eigenvalue weighted by atomic mass is 10.1. The molecule has 0 saturated heterocycles. The summed E-state index contributed by atoms with van der Waals surface area (Å²) in [7, 11) is 0. The summed E-state index contributed by atoms with van der Waals surface area (Å²) >= 11 is 7.37. The first-order valence-corrected chi connectivity index (χ1v) is 10.4. The minimum absolute atomic E-state index is 1.27. The Morgan fingerprint density at radius 3 is 2.05 bits per heavy atom. The van der Waals surface area contributed by atoms with Gasteiger partial charge in [0.2, 0.25) is 0 Å². The van der Waals surface area contributed by atoms with Crippen LogP contribution in [0.15, 0.2) is 20.1 Å². The van der Waals surface area contributed by atoms with Gasteiger partial charge in [0, 0.05) is 4.90 Å². The minimum Gasteiger partial charge on any atom is -0.136 e. The Morgan fingerprint density at radius 1 is 0.947 bits per heavy atom. The van der Waals surface area contributed by atoms with Crippen molar-refractivity contribution in [1.82, 2.24) is 0 Å². The van der Waals surface area contributed by atoms with Gasteiger partial charge in [0.25, 0.3) is 0 Å². The smallest absolute Gasteiger partial charge is 0.0834 e. The van der Waals surface area contributed by atoms with Crippen molar-refractivity contribution in [2.45, 2.75) is 76.0 Å². The lowest BCUT2D eigenvalue weighted by Crippen LogP contribution is -1.83. The quantitative estimate of drug-likeness (QED) is 0.273. The molecule has 1 heterocycles. The van der Waals surface area contributed by atoms with E-state index in [0.29, 0.717) is 0 Å². The second-order valence-corrected chi connectivity index (χ2v) is 8.46. The molecule has 1 aromatic rings. The van der Waals surface area contributed by atoms with Gasteiger partial charge in [-0.05, 0) is 39.6 Å². The molecular weight excluding hydrogens is 336 g/mol. The van der Waals surface area contributed by atoms with E-state index in [1.165, 1.54) is 78.6 Å². The van der Waals surface area contributed by atoms with Gasteiger partial charge in [-0.3, -0.25) is 0 Å². The van der Waals surface area contributed by atoms with Gasteiger partial charge in [0.15, 0.2) is 0 Å². The van der Waals surface area contributed by atoms with Crippen molar-refractivity contribution in [1.29, 1.82) is 0 Å². The molecule has 110 valence electrons. The highest BCUT2D eigenvalue weighted by molar-refractivity contribution is 9.11. The molecule has 0 N–H and O–H groups in total. The van der Waals surface area contributed by atoms with Crippen LogP contribution >= 0.6 is 39.0 Å². The molecule has 1 rings (SSSR count). The Morgan fingerprint density at radius 2 is 1.53 bits per heavy atom. The molecule has 0 radical (unpaired) electrons. The molecule has 0 unspecified atom stereocenters. The van der Waals surface area contributed by atoms with Crippen molar-refractivity contribution < 1.29 is 0 Å². The Kier molecular flexibility index (Phi) is 11.4. The number of unbranched alkanes of at least 4 members (excludes halogenated alkanes) is 9. The number of hydrogen-bond acceptors (Lipinski definition) is 2. The predicted octanol–water partition coefficient (Wildman–Crippen LogP) is 7.52. The molecule has 19 heavy (non-hydrogen) atoms. The normalized spacial score (nSPS) is 11.1. The lowest BCUT2D eigenvalue weighted by Gasteiger charge is -2.02. The highest BCUT2D eigenvalue weighted by atomic mass is 79.9. The number of thioether (sulfide) groups is 1. The van der Waals surface area contributed by atoms with Crippen molar-refractivity contribution in [3.05, 3.63) is 15.2 Å². The fourth-order valence-electron chi connectivity index (χ4n) is 2.16. The molecule has 0 amide bonds. The van der Waals surface area contributed by atoms with Crippen molar-refractivity contribution in [3.8, 4) is 0 Å². The fourth-order valence-corrected chi connectivity index (χ4v) is 4.72. The maximum atomic E-state index is 3.59. The average molecular weight is 363 g/mol. The van der Waals surface area contributed by atoms with Crippen molar-refractivity contribution in [2.75, 3.05) is 5.75 Å². The molecule has 0 aromatic carbocycles. The number of hydrogen-bond donors (Lipinski definition) is 0. The van der Waals surface area contributed by atoms with E-state index in [4.69, 9.17) is 0 Å². The van der Waals surface area contributed by atoms with Crippen LogP contribution in [0.1, 0.15) is 71.1 Å². The summed E-state index contributed by atoms with van der Waals surface area (Å²) in [5.74, 6) is 1.27. The third-order valence-corrected chi connectivity index (χ3v) is 6.56. The molecule has 0 aliphatic heterocycles. The first-order valence-electron chi connectivity index (χ1n) is 7.70. The first-order chi connectivity index (χ1) is 9.34. The van der Waals surface area contributed by atoms with E-state index in [0.717, 1.165) is 0 Å². The van der Waals surface area contributed by atoms with Crippen LogP contribution in [-0.4, -0.2) is 5.75 Å². The molecular formula is C16H27BrS2. The molecule has 0 spiro atoms. The maximum Gasteiger partial charge on any atom is 0.0834 e. The molecule has 0 saturated carbocycles. The molecule has 3 heteroatoms. The molecule has 0 bridgehead atoms. The first kappa shape index (κ1) is 17.6. The van der Waals surface area contributed by atoms with Crippen molar-refractivity contribution in [2.24, 2.45) is 0 Å². The Labute approximate surface area is 135 Å². The number of thiophene rings is 1. The van der Waals surface area contributed by atoms with E-state index in [9.17, 15) is 0 Å². The number of halogens is 1. The Bertz CT molecular complexity index is 309. The van der Waals surface area contributed by atoms with E-state index in [-0.39, 0.29) is 0 Å². The van der Waals surface area contributed by atoms with Gasteiger partial charge >= 0.3 is 0 Å². The van der Waals surface area contributed by atoms with Gasteiger partial charge in [-0.2, -0.15) is 0 Å². The van der Waals surface area contributed by atoms with E-state index < -0.39 is 0 Å².